The second kappa shape index (κ2) is 5.70. The SMILES string of the molecule is CCCC(C)C(C)(C)C(C)(C)C(C)(N)N.Cl. The molecule has 0 saturated carbocycles. The van der Waals surface area contributed by atoms with Crippen LogP contribution >= 0.6 is 12.4 Å². The van der Waals surface area contributed by atoms with E-state index in [0.717, 1.165) is 0 Å². The highest BCUT2D eigenvalue weighted by molar-refractivity contribution is 5.85. The lowest BCUT2D eigenvalue weighted by atomic mass is 9.56. The Kier molecular flexibility index (Phi) is 6.62. The Labute approximate surface area is 108 Å². The van der Waals surface area contributed by atoms with Crippen LogP contribution in [0.2, 0.25) is 0 Å². The fourth-order valence-electron chi connectivity index (χ4n) is 2.10. The molecule has 0 aliphatic rings. The van der Waals surface area contributed by atoms with Crippen LogP contribution in [0.5, 0.6) is 0 Å². The van der Waals surface area contributed by atoms with Gasteiger partial charge in [-0.05, 0) is 18.3 Å². The van der Waals surface area contributed by atoms with Gasteiger partial charge in [0.15, 0.2) is 0 Å². The van der Waals surface area contributed by atoms with Crippen molar-refractivity contribution in [3.05, 3.63) is 0 Å². The normalized spacial score (nSPS) is 15.6. The molecule has 0 fully saturated rings. The van der Waals surface area contributed by atoms with Gasteiger partial charge in [0.25, 0.3) is 0 Å². The summed E-state index contributed by atoms with van der Waals surface area (Å²) in [6, 6.07) is 0. The third-order valence-corrected chi connectivity index (χ3v) is 4.91. The smallest absolute Gasteiger partial charge is 0.0665 e. The molecule has 0 spiro atoms. The van der Waals surface area contributed by atoms with Gasteiger partial charge in [-0.25, -0.2) is 0 Å². The van der Waals surface area contributed by atoms with E-state index in [2.05, 4.69) is 41.5 Å². The highest BCUT2D eigenvalue weighted by Crippen LogP contribution is 2.49. The number of halogens is 1. The average molecular weight is 251 g/mol. The minimum absolute atomic E-state index is 0. The van der Waals surface area contributed by atoms with Crippen molar-refractivity contribution in [1.29, 1.82) is 0 Å². The van der Waals surface area contributed by atoms with E-state index in [4.69, 9.17) is 11.5 Å². The van der Waals surface area contributed by atoms with Gasteiger partial charge in [0.2, 0.25) is 0 Å². The van der Waals surface area contributed by atoms with Crippen molar-refractivity contribution < 1.29 is 0 Å². The van der Waals surface area contributed by atoms with Crippen LogP contribution in [-0.4, -0.2) is 5.66 Å². The van der Waals surface area contributed by atoms with E-state index >= 15 is 0 Å². The Morgan fingerprint density at radius 2 is 1.38 bits per heavy atom. The molecule has 100 valence electrons. The lowest BCUT2D eigenvalue weighted by molar-refractivity contribution is -0.0168. The van der Waals surface area contributed by atoms with Crippen molar-refractivity contribution in [3.8, 4) is 0 Å². The minimum atomic E-state index is -0.640. The second-order valence-electron chi connectivity index (χ2n) is 6.32. The van der Waals surface area contributed by atoms with Gasteiger partial charge in [-0.2, -0.15) is 0 Å². The lowest BCUT2D eigenvalue weighted by Crippen LogP contribution is -2.64. The number of hydrogen-bond acceptors (Lipinski definition) is 2. The van der Waals surface area contributed by atoms with E-state index in [-0.39, 0.29) is 23.2 Å². The van der Waals surface area contributed by atoms with E-state index in [1.165, 1.54) is 12.8 Å². The first-order valence-corrected chi connectivity index (χ1v) is 6.06. The Hall–Kier alpha value is 0.210. The number of nitrogens with two attached hydrogens (primary N) is 2. The van der Waals surface area contributed by atoms with Gasteiger partial charge in [0, 0.05) is 5.41 Å². The first-order chi connectivity index (χ1) is 6.48. The Bertz CT molecular complexity index is 204. The summed E-state index contributed by atoms with van der Waals surface area (Å²) in [7, 11) is 0. The fourth-order valence-corrected chi connectivity index (χ4v) is 2.10. The summed E-state index contributed by atoms with van der Waals surface area (Å²) in [5.41, 5.74) is 11.6. The molecule has 0 rings (SSSR count). The quantitative estimate of drug-likeness (QED) is 0.734. The molecule has 0 aromatic heterocycles. The van der Waals surface area contributed by atoms with Crippen molar-refractivity contribution >= 4 is 12.4 Å². The van der Waals surface area contributed by atoms with E-state index in [9.17, 15) is 0 Å². The summed E-state index contributed by atoms with van der Waals surface area (Å²) < 4.78 is 0. The maximum Gasteiger partial charge on any atom is 0.0665 e. The highest BCUT2D eigenvalue weighted by Gasteiger charge is 2.48. The zero-order valence-corrected chi connectivity index (χ0v) is 12.9. The second-order valence-corrected chi connectivity index (χ2v) is 6.32. The Morgan fingerprint density at radius 1 is 1.00 bits per heavy atom. The van der Waals surface area contributed by atoms with Crippen LogP contribution in [0.25, 0.3) is 0 Å². The molecule has 16 heavy (non-hydrogen) atoms. The molecule has 0 aliphatic heterocycles. The van der Waals surface area contributed by atoms with Crippen LogP contribution in [0.15, 0.2) is 0 Å². The zero-order valence-electron chi connectivity index (χ0n) is 12.1. The highest BCUT2D eigenvalue weighted by atomic mass is 35.5. The van der Waals surface area contributed by atoms with E-state index in [1.54, 1.807) is 0 Å². The minimum Gasteiger partial charge on any atom is -0.313 e. The molecule has 0 bridgehead atoms. The molecule has 0 radical (unpaired) electrons. The lowest BCUT2D eigenvalue weighted by Gasteiger charge is -2.53. The summed E-state index contributed by atoms with van der Waals surface area (Å²) in [4.78, 5) is 0. The zero-order chi connectivity index (χ0) is 12.5. The van der Waals surface area contributed by atoms with Crippen molar-refractivity contribution in [2.24, 2.45) is 28.2 Å². The van der Waals surface area contributed by atoms with Crippen LogP contribution in [0.3, 0.4) is 0 Å². The van der Waals surface area contributed by atoms with Crippen molar-refractivity contribution in [2.75, 3.05) is 0 Å². The summed E-state index contributed by atoms with van der Waals surface area (Å²) in [6.07, 6.45) is 2.44. The van der Waals surface area contributed by atoms with Gasteiger partial charge in [-0.3, -0.25) is 0 Å². The molecule has 1 unspecified atom stereocenters. The molecule has 0 heterocycles. The van der Waals surface area contributed by atoms with Crippen molar-refractivity contribution in [2.45, 2.75) is 67.0 Å². The van der Waals surface area contributed by atoms with Crippen molar-refractivity contribution in [1.82, 2.24) is 0 Å². The molecule has 4 N–H and O–H groups in total. The molecule has 0 amide bonds. The first-order valence-electron chi connectivity index (χ1n) is 6.06. The average Bonchev–Trinajstić information content (AvgIpc) is 2.02. The molecular weight excluding hydrogens is 220 g/mol. The molecule has 0 aromatic carbocycles. The van der Waals surface area contributed by atoms with Gasteiger partial charge >= 0.3 is 0 Å². The van der Waals surface area contributed by atoms with Gasteiger partial charge in [-0.15, -0.1) is 12.4 Å². The van der Waals surface area contributed by atoms with Crippen LogP contribution < -0.4 is 11.5 Å². The van der Waals surface area contributed by atoms with E-state index < -0.39 is 5.66 Å². The van der Waals surface area contributed by atoms with Crippen LogP contribution in [0.4, 0.5) is 0 Å². The number of hydrogen-bond donors (Lipinski definition) is 2. The largest absolute Gasteiger partial charge is 0.313 e. The Morgan fingerprint density at radius 3 is 1.62 bits per heavy atom. The van der Waals surface area contributed by atoms with Crippen LogP contribution in [0.1, 0.15) is 61.3 Å². The Balaban J connectivity index is 0. The monoisotopic (exact) mass is 250 g/mol. The summed E-state index contributed by atoms with van der Waals surface area (Å²) in [5.74, 6) is 0.629. The van der Waals surface area contributed by atoms with Gasteiger partial charge in [0.1, 0.15) is 0 Å². The maximum atomic E-state index is 6.11. The molecule has 2 nitrogen and oxygen atoms in total. The molecule has 3 heteroatoms. The molecule has 0 aliphatic carbocycles. The first kappa shape index (κ1) is 18.6. The molecule has 1 atom stereocenters. The topological polar surface area (TPSA) is 52.0 Å². The maximum absolute atomic E-state index is 6.11. The third kappa shape index (κ3) is 3.35. The summed E-state index contributed by atoms with van der Waals surface area (Å²) in [5, 5.41) is 0. The van der Waals surface area contributed by atoms with E-state index in [0.29, 0.717) is 5.92 Å². The van der Waals surface area contributed by atoms with Crippen LogP contribution in [-0.2, 0) is 0 Å². The van der Waals surface area contributed by atoms with Gasteiger partial charge in [0.05, 0.1) is 5.66 Å². The molecule has 0 aromatic rings. The summed E-state index contributed by atoms with van der Waals surface area (Å²) in [6.45, 7) is 15.4. The predicted octanol–water partition coefficient (Wildman–Crippen LogP) is 3.53. The standard InChI is InChI=1S/C13H30N2.ClH/c1-8-9-10(2)11(3,4)12(5,6)13(7,14)15;/h10H,8-9,14-15H2,1-7H3;1H. The van der Waals surface area contributed by atoms with E-state index in [1.807, 2.05) is 6.92 Å². The fraction of sp³-hybridized carbons (Fsp3) is 1.00. The predicted molar refractivity (Wildman–Crippen MR) is 75.7 cm³/mol. The third-order valence-electron chi connectivity index (χ3n) is 4.91. The number of rotatable bonds is 5. The molecule has 0 saturated heterocycles. The molecular formula is C13H31ClN2. The van der Waals surface area contributed by atoms with Gasteiger partial charge in [-0.1, -0.05) is 54.4 Å². The summed E-state index contributed by atoms with van der Waals surface area (Å²) >= 11 is 0. The van der Waals surface area contributed by atoms with Crippen LogP contribution in [0, 0.1) is 16.7 Å². The van der Waals surface area contributed by atoms with Gasteiger partial charge < -0.3 is 11.5 Å². The van der Waals surface area contributed by atoms with Crippen molar-refractivity contribution in [3.63, 3.8) is 0 Å².